The molecule has 0 unspecified atom stereocenters. The molecule has 9 rings (SSSR count). The molecule has 4 heterocycles. The first-order chi connectivity index (χ1) is 21.8. The van der Waals surface area contributed by atoms with Gasteiger partial charge < -0.3 is 19.9 Å². The quantitative estimate of drug-likeness (QED) is 0.142. The van der Waals surface area contributed by atoms with Gasteiger partial charge in [-0.1, -0.05) is 116 Å². The molecule has 9 aromatic rings. The largest absolute Gasteiger partial charge is 2.00 e. The molecule has 0 aliphatic rings. The van der Waals surface area contributed by atoms with Crippen LogP contribution in [0.15, 0.2) is 151 Å². The molecule has 0 saturated heterocycles. The number of pyridine rings is 3. The minimum atomic E-state index is 0. The van der Waals surface area contributed by atoms with Gasteiger partial charge in [0.1, 0.15) is 0 Å². The van der Waals surface area contributed by atoms with Gasteiger partial charge in [-0.25, -0.2) is 0 Å². The van der Waals surface area contributed by atoms with Crippen molar-refractivity contribution < 1.29 is 19.5 Å². The molecule has 0 radical (unpaired) electrons. The van der Waals surface area contributed by atoms with Gasteiger partial charge in [0, 0.05) is 23.3 Å². The van der Waals surface area contributed by atoms with Crippen LogP contribution in [0.3, 0.4) is 0 Å². The Balaban J connectivity index is 0.000000142. The third-order valence-electron chi connectivity index (χ3n) is 7.83. The summed E-state index contributed by atoms with van der Waals surface area (Å²) in [6.07, 6.45) is 7.04. The molecule has 208 valence electrons. The van der Waals surface area contributed by atoms with Crippen LogP contribution in [-0.2, 0) is 19.5 Å². The van der Waals surface area contributed by atoms with Gasteiger partial charge in [-0.05, 0) is 72.4 Å². The molecule has 0 aliphatic heterocycles. The molecular weight excluding hydrogens is 606 g/mol. The predicted molar refractivity (Wildman–Crippen MR) is 178 cm³/mol. The van der Waals surface area contributed by atoms with E-state index in [4.69, 9.17) is 0 Å². The third kappa shape index (κ3) is 5.18. The molecule has 0 saturated carbocycles. The van der Waals surface area contributed by atoms with Crippen LogP contribution in [0.5, 0.6) is 0 Å². The van der Waals surface area contributed by atoms with Crippen LogP contribution < -0.4 is 15.5 Å². The predicted octanol–water partition coefficient (Wildman–Crippen LogP) is 8.14. The van der Waals surface area contributed by atoms with Gasteiger partial charge in [-0.15, -0.1) is 0 Å². The number of aromatic nitrogens is 5. The van der Waals surface area contributed by atoms with E-state index in [1.165, 1.54) is 10.8 Å². The van der Waals surface area contributed by atoms with Crippen LogP contribution in [-0.4, -0.2) is 15.0 Å². The van der Waals surface area contributed by atoms with Gasteiger partial charge in [-0.3, -0.25) is 9.97 Å². The number of hydrogen-bond donors (Lipinski definition) is 0. The summed E-state index contributed by atoms with van der Waals surface area (Å²) in [6.45, 7) is 0. The molecule has 0 spiro atoms. The summed E-state index contributed by atoms with van der Waals surface area (Å²) < 4.78 is 0. The van der Waals surface area contributed by atoms with Crippen molar-refractivity contribution in [2.45, 2.75) is 0 Å². The normalized spacial score (nSPS) is 11.5. The van der Waals surface area contributed by atoms with E-state index in [0.717, 1.165) is 54.6 Å². The first kappa shape index (κ1) is 28.3. The SMILES string of the molecule is [Zn+2].c1ccc(-c2cccc3c4ccccc4c4nc[n-]c4c23)nc1.c1ccc2c(N=c3[n-]ccc4ccccc34)nccc2c1. The van der Waals surface area contributed by atoms with E-state index in [1.807, 2.05) is 79.0 Å². The molecule has 0 aliphatic carbocycles. The fourth-order valence-electron chi connectivity index (χ4n) is 5.82. The molecule has 6 nitrogen and oxygen atoms in total. The molecular formula is C38H24N6Zn. The Hall–Kier alpha value is -5.52. The van der Waals surface area contributed by atoms with E-state index < -0.39 is 0 Å². The fourth-order valence-corrected chi connectivity index (χ4v) is 5.82. The first-order valence-corrected chi connectivity index (χ1v) is 14.4. The second-order valence-electron chi connectivity index (χ2n) is 10.4. The average Bonchev–Trinajstić information content (AvgIpc) is 3.60. The maximum absolute atomic E-state index is 4.68. The van der Waals surface area contributed by atoms with Crippen LogP contribution >= 0.6 is 0 Å². The Morgan fingerprint density at radius 1 is 0.511 bits per heavy atom. The summed E-state index contributed by atoms with van der Waals surface area (Å²) in [7, 11) is 0. The van der Waals surface area contributed by atoms with Crippen molar-refractivity contribution in [3.63, 3.8) is 0 Å². The van der Waals surface area contributed by atoms with Gasteiger partial charge >= 0.3 is 19.5 Å². The van der Waals surface area contributed by atoms with Crippen LogP contribution in [0.1, 0.15) is 0 Å². The smallest absolute Gasteiger partial charge is 0.442 e. The van der Waals surface area contributed by atoms with Crippen molar-refractivity contribution in [3.8, 4) is 11.3 Å². The molecule has 0 bridgehead atoms. The number of benzene rings is 5. The molecule has 7 heteroatoms. The first-order valence-electron chi connectivity index (χ1n) is 14.4. The maximum atomic E-state index is 4.68. The summed E-state index contributed by atoms with van der Waals surface area (Å²) in [5, 5.41) is 9.00. The van der Waals surface area contributed by atoms with Crippen molar-refractivity contribution in [2.24, 2.45) is 4.99 Å². The number of hydrogen-bond acceptors (Lipinski definition) is 4. The zero-order chi connectivity index (χ0) is 29.3. The van der Waals surface area contributed by atoms with E-state index in [-0.39, 0.29) is 19.5 Å². The Labute approximate surface area is 271 Å². The van der Waals surface area contributed by atoms with E-state index >= 15 is 0 Å². The second kappa shape index (κ2) is 12.2. The zero-order valence-corrected chi connectivity index (χ0v) is 27.2. The van der Waals surface area contributed by atoms with Crippen molar-refractivity contribution in [1.82, 2.24) is 24.9 Å². The van der Waals surface area contributed by atoms with Crippen LogP contribution in [0.2, 0.25) is 0 Å². The van der Waals surface area contributed by atoms with Crippen LogP contribution in [0.25, 0.3) is 65.4 Å². The summed E-state index contributed by atoms with van der Waals surface area (Å²) in [4.78, 5) is 27.0. The average molecular weight is 630 g/mol. The van der Waals surface area contributed by atoms with Gasteiger partial charge in [0.25, 0.3) is 0 Å². The van der Waals surface area contributed by atoms with Gasteiger partial charge in [0.2, 0.25) is 0 Å². The number of fused-ring (bicyclic) bond motifs is 8. The Morgan fingerprint density at radius 2 is 1.22 bits per heavy atom. The fraction of sp³-hybridized carbons (Fsp3) is 0. The molecule has 5 aromatic carbocycles. The summed E-state index contributed by atoms with van der Waals surface area (Å²) in [6, 6.07) is 40.9. The van der Waals surface area contributed by atoms with Gasteiger partial charge in [0.15, 0.2) is 0 Å². The number of nitrogens with zero attached hydrogens (tertiary/aromatic N) is 6. The molecule has 0 amide bonds. The molecule has 0 N–H and O–H groups in total. The van der Waals surface area contributed by atoms with Crippen LogP contribution in [0, 0.1) is 0 Å². The van der Waals surface area contributed by atoms with Crippen molar-refractivity contribution in [1.29, 1.82) is 0 Å². The Kier molecular flexibility index (Phi) is 7.68. The van der Waals surface area contributed by atoms with E-state index in [9.17, 15) is 0 Å². The van der Waals surface area contributed by atoms with E-state index in [0.29, 0.717) is 11.3 Å². The molecule has 0 atom stereocenters. The van der Waals surface area contributed by atoms with Gasteiger partial charge in [0.05, 0.1) is 11.5 Å². The molecule has 4 aromatic heterocycles. The minimum absolute atomic E-state index is 0. The molecule has 0 fully saturated rings. The van der Waals surface area contributed by atoms with Gasteiger partial charge in [-0.2, -0.15) is 0 Å². The second-order valence-corrected chi connectivity index (χ2v) is 10.4. The Bertz CT molecular complexity index is 2510. The summed E-state index contributed by atoms with van der Waals surface area (Å²) in [5.74, 6) is 0.706. The minimum Gasteiger partial charge on any atom is -0.442 e. The van der Waals surface area contributed by atoms with Crippen molar-refractivity contribution in [2.75, 3.05) is 0 Å². The molecule has 45 heavy (non-hydrogen) atoms. The topological polar surface area (TPSA) is 79.2 Å². The third-order valence-corrected chi connectivity index (χ3v) is 7.83. The maximum Gasteiger partial charge on any atom is 2.00 e. The summed E-state index contributed by atoms with van der Waals surface area (Å²) >= 11 is 0. The zero-order valence-electron chi connectivity index (χ0n) is 24.2. The van der Waals surface area contributed by atoms with Crippen LogP contribution in [0.4, 0.5) is 5.82 Å². The number of rotatable bonds is 2. The van der Waals surface area contributed by atoms with Crippen molar-refractivity contribution in [3.05, 3.63) is 152 Å². The van der Waals surface area contributed by atoms with Crippen molar-refractivity contribution >= 4 is 59.9 Å². The monoisotopic (exact) mass is 628 g/mol. The van der Waals surface area contributed by atoms with E-state index in [2.05, 4.69) is 78.4 Å². The Morgan fingerprint density at radius 3 is 2.04 bits per heavy atom. The summed E-state index contributed by atoms with van der Waals surface area (Å²) in [5.41, 5.74) is 4.66. The standard InChI is InChI=1S/C20H12N3.C18H12N3.Zn/c1-2-7-15-13(6-1)14-8-5-9-16(17-10-3-4-11-21-17)18(14)20-19(15)22-12-23-20;1-3-7-15-13(5-1)9-11-19-17(15)21-18-16-8-4-2-6-14(16)10-12-20-18;/h1-12H;1-12H;/q2*-1;+2. The van der Waals surface area contributed by atoms with E-state index in [1.54, 1.807) is 18.7 Å². The number of imidazole rings is 1.